The first-order valence-corrected chi connectivity index (χ1v) is 11.7. The molecule has 2 heterocycles. The number of benzene rings is 2. The molecule has 1 aliphatic rings. The van der Waals surface area contributed by atoms with E-state index in [4.69, 9.17) is 0 Å². The minimum Gasteiger partial charge on any atom is -0.305 e. The van der Waals surface area contributed by atoms with Gasteiger partial charge in [-0.25, -0.2) is 8.42 Å². The summed E-state index contributed by atoms with van der Waals surface area (Å²) in [7, 11) is -3.32. The van der Waals surface area contributed by atoms with Gasteiger partial charge in [0.05, 0.1) is 28.3 Å². The van der Waals surface area contributed by atoms with Gasteiger partial charge in [0.2, 0.25) is 0 Å². The number of rotatable bonds is 2. The van der Waals surface area contributed by atoms with Gasteiger partial charge in [0.15, 0.2) is 9.84 Å². The molecule has 6 nitrogen and oxygen atoms in total. The first kappa shape index (κ1) is 22.6. The van der Waals surface area contributed by atoms with E-state index in [1.807, 2.05) is 6.92 Å². The summed E-state index contributed by atoms with van der Waals surface area (Å²) in [6.45, 7) is 2.10. The normalized spacial score (nSPS) is 16.2. The lowest BCUT2D eigenvalue weighted by Gasteiger charge is -2.32. The van der Waals surface area contributed by atoms with Crippen molar-refractivity contribution in [1.29, 1.82) is 0 Å². The van der Waals surface area contributed by atoms with Gasteiger partial charge in [-0.2, -0.15) is 18.3 Å². The highest BCUT2D eigenvalue weighted by atomic mass is 32.2. The third kappa shape index (κ3) is 4.50. The van der Waals surface area contributed by atoms with Crippen LogP contribution in [0.5, 0.6) is 0 Å². The molecule has 170 valence electrons. The lowest BCUT2D eigenvalue weighted by atomic mass is 10.1. The van der Waals surface area contributed by atoms with Crippen LogP contribution in [-0.4, -0.2) is 36.9 Å². The maximum atomic E-state index is 13.2. The fraction of sp³-hybridized carbons (Fsp3) is 0.217. The van der Waals surface area contributed by atoms with Crippen molar-refractivity contribution in [3.63, 3.8) is 0 Å². The molecule has 33 heavy (non-hydrogen) atoms. The molecule has 0 saturated heterocycles. The van der Waals surface area contributed by atoms with Crippen molar-refractivity contribution in [2.75, 3.05) is 17.7 Å². The number of carbonyl (C=O) groups is 1. The van der Waals surface area contributed by atoms with Crippen LogP contribution >= 0.6 is 0 Å². The monoisotopic (exact) mass is 473 g/mol. The topological polar surface area (TPSA) is 72.3 Å². The summed E-state index contributed by atoms with van der Waals surface area (Å²) < 4.78 is 63.4. The Balaban J connectivity index is 1.65. The predicted octanol–water partition coefficient (Wildman–Crippen LogP) is 3.93. The molecule has 0 N–H and O–H groups in total. The van der Waals surface area contributed by atoms with Gasteiger partial charge in [-0.3, -0.25) is 9.48 Å². The Morgan fingerprint density at radius 3 is 2.24 bits per heavy atom. The van der Waals surface area contributed by atoms with Crippen LogP contribution in [0.4, 0.5) is 18.9 Å². The number of alkyl halides is 3. The summed E-state index contributed by atoms with van der Waals surface area (Å²) in [6.07, 6.45) is -1.88. The van der Waals surface area contributed by atoms with Crippen LogP contribution in [0.15, 0.2) is 59.6 Å². The van der Waals surface area contributed by atoms with Crippen molar-refractivity contribution in [2.45, 2.75) is 24.0 Å². The van der Waals surface area contributed by atoms with E-state index in [2.05, 4.69) is 16.9 Å². The van der Waals surface area contributed by atoms with Crippen LogP contribution in [0.25, 0.3) is 0 Å². The van der Waals surface area contributed by atoms with E-state index >= 15 is 0 Å². The van der Waals surface area contributed by atoms with Gasteiger partial charge in [-0.05, 0) is 55.5 Å². The Hall–Kier alpha value is -3.58. The number of carbonyl (C=O) groups excluding carboxylic acids is 1. The highest BCUT2D eigenvalue weighted by Gasteiger charge is 2.34. The maximum Gasteiger partial charge on any atom is 0.416 e. The third-order valence-corrected chi connectivity index (χ3v) is 6.37. The van der Waals surface area contributed by atoms with Crippen molar-refractivity contribution in [3.8, 4) is 11.8 Å². The number of amides is 1. The highest BCUT2D eigenvalue weighted by molar-refractivity contribution is 7.90. The smallest absolute Gasteiger partial charge is 0.305 e. The molecule has 10 heteroatoms. The van der Waals surface area contributed by atoms with Gasteiger partial charge in [0.1, 0.15) is 5.69 Å². The van der Waals surface area contributed by atoms with E-state index in [9.17, 15) is 26.4 Å². The molecule has 3 aromatic rings. The van der Waals surface area contributed by atoms with Crippen LogP contribution < -0.4 is 4.90 Å². The highest BCUT2D eigenvalue weighted by Crippen LogP contribution is 2.32. The minimum atomic E-state index is -4.46. The molecule has 1 amide bonds. The standard InChI is InChI=1S/C23H18F3N3O3S/c1-15-14-28(19-9-7-18(8-10-19)23(24,25)26)22(30)21-17(13-27-29(15)21)6-3-16-4-11-20(12-5-16)33(2,31)32/h4-5,7-13,15H,14H2,1-2H3/t15-/m0/s1. The fourth-order valence-corrected chi connectivity index (χ4v) is 4.16. The zero-order chi connectivity index (χ0) is 24.0. The van der Waals surface area contributed by atoms with Crippen LogP contribution in [0, 0.1) is 11.8 Å². The third-order valence-electron chi connectivity index (χ3n) is 5.24. The quantitative estimate of drug-likeness (QED) is 0.529. The Labute approximate surface area is 188 Å². The number of nitrogens with zero attached hydrogens (tertiary/aromatic N) is 3. The van der Waals surface area contributed by atoms with Gasteiger partial charge < -0.3 is 4.90 Å². The van der Waals surface area contributed by atoms with Crippen LogP contribution in [0.2, 0.25) is 0 Å². The van der Waals surface area contributed by atoms with Crippen LogP contribution in [-0.2, 0) is 16.0 Å². The lowest BCUT2D eigenvalue weighted by molar-refractivity contribution is -0.137. The minimum absolute atomic E-state index is 0.173. The Kier molecular flexibility index (Phi) is 5.54. The lowest BCUT2D eigenvalue weighted by Crippen LogP contribution is -2.43. The zero-order valence-electron chi connectivity index (χ0n) is 17.6. The molecular formula is C23H18F3N3O3S. The van der Waals surface area contributed by atoms with E-state index in [0.717, 1.165) is 18.4 Å². The number of halogens is 3. The second-order valence-corrected chi connectivity index (χ2v) is 9.72. The number of hydrogen-bond acceptors (Lipinski definition) is 4. The molecule has 1 aliphatic heterocycles. The molecule has 4 rings (SSSR count). The predicted molar refractivity (Wildman–Crippen MR) is 116 cm³/mol. The summed E-state index contributed by atoms with van der Waals surface area (Å²) >= 11 is 0. The molecule has 0 fully saturated rings. The first-order valence-electron chi connectivity index (χ1n) is 9.84. The number of fused-ring (bicyclic) bond motifs is 1. The van der Waals surface area contributed by atoms with Crippen LogP contribution in [0.1, 0.15) is 40.1 Å². The largest absolute Gasteiger partial charge is 0.416 e. The molecule has 2 aromatic carbocycles. The van der Waals surface area contributed by atoms with Crippen molar-refractivity contribution in [2.24, 2.45) is 0 Å². The van der Waals surface area contributed by atoms with Crippen molar-refractivity contribution < 1.29 is 26.4 Å². The second-order valence-electron chi connectivity index (χ2n) is 7.71. The van der Waals surface area contributed by atoms with E-state index in [0.29, 0.717) is 16.8 Å². The fourth-order valence-electron chi connectivity index (χ4n) is 3.53. The van der Waals surface area contributed by atoms with Crippen molar-refractivity contribution >= 4 is 21.4 Å². The van der Waals surface area contributed by atoms with E-state index in [1.165, 1.54) is 35.4 Å². The molecule has 0 unspecified atom stereocenters. The summed E-state index contributed by atoms with van der Waals surface area (Å²) in [5.41, 5.74) is 0.729. The van der Waals surface area contributed by atoms with Gasteiger partial charge >= 0.3 is 6.18 Å². The molecule has 0 saturated carbocycles. The molecule has 0 radical (unpaired) electrons. The number of anilines is 1. The van der Waals surface area contributed by atoms with Gasteiger partial charge in [-0.15, -0.1) is 0 Å². The van der Waals surface area contributed by atoms with Gasteiger partial charge in [0.25, 0.3) is 5.91 Å². The molecule has 0 aliphatic carbocycles. The summed E-state index contributed by atoms with van der Waals surface area (Å²) in [5.74, 6) is 5.38. The molecule has 0 spiro atoms. The van der Waals surface area contributed by atoms with E-state index in [-0.39, 0.29) is 23.2 Å². The number of sulfone groups is 1. The van der Waals surface area contributed by atoms with E-state index < -0.39 is 27.5 Å². The first-order chi connectivity index (χ1) is 15.4. The van der Waals surface area contributed by atoms with Gasteiger partial charge in [-0.1, -0.05) is 11.8 Å². The zero-order valence-corrected chi connectivity index (χ0v) is 18.4. The summed E-state index contributed by atoms with van der Waals surface area (Å²) in [4.78, 5) is 14.8. The molecular weight excluding hydrogens is 455 g/mol. The summed E-state index contributed by atoms with van der Waals surface area (Å²) in [6, 6.07) is 10.3. The SMILES string of the molecule is C[C@H]1CN(c2ccc(C(F)(F)F)cc2)C(=O)c2c(C#Cc3ccc(S(C)(=O)=O)cc3)cnn21. The Morgan fingerprint density at radius 1 is 1.03 bits per heavy atom. The maximum absolute atomic E-state index is 13.2. The molecule has 1 aromatic heterocycles. The Bertz CT molecular complexity index is 1380. The van der Waals surface area contributed by atoms with Crippen LogP contribution in [0.3, 0.4) is 0 Å². The van der Waals surface area contributed by atoms with Crippen molar-refractivity contribution in [3.05, 3.63) is 77.1 Å². The van der Waals surface area contributed by atoms with Crippen molar-refractivity contribution in [1.82, 2.24) is 9.78 Å². The van der Waals surface area contributed by atoms with Gasteiger partial charge in [0, 0.05) is 24.1 Å². The Morgan fingerprint density at radius 2 is 1.67 bits per heavy atom. The summed E-state index contributed by atoms with van der Waals surface area (Å²) in [5, 5.41) is 4.26. The molecule has 1 atom stereocenters. The number of hydrogen-bond donors (Lipinski definition) is 0. The average molecular weight is 473 g/mol. The van der Waals surface area contributed by atoms with E-state index in [1.54, 1.807) is 16.8 Å². The molecule has 0 bridgehead atoms. The second kappa shape index (κ2) is 8.08. The number of aromatic nitrogens is 2. The average Bonchev–Trinajstić information content (AvgIpc) is 3.19.